The molecule has 0 atom stereocenters. The fourth-order valence-corrected chi connectivity index (χ4v) is 4.48. The number of benzene rings is 3. The molecule has 4 rings (SSSR count). The number of hydrogen-bond acceptors (Lipinski definition) is 8. The first-order valence-electron chi connectivity index (χ1n) is 11.2. The lowest BCUT2D eigenvalue weighted by molar-refractivity contribution is -0.255. The Kier molecular flexibility index (Phi) is 7.95. The van der Waals surface area contributed by atoms with Crippen molar-refractivity contribution in [1.29, 1.82) is 0 Å². The van der Waals surface area contributed by atoms with Gasteiger partial charge in [0.25, 0.3) is 11.8 Å². The summed E-state index contributed by atoms with van der Waals surface area (Å²) in [5, 5.41) is 14.5. The van der Waals surface area contributed by atoms with E-state index in [-0.39, 0.29) is 28.5 Å². The molecule has 10 heteroatoms. The highest BCUT2D eigenvalue weighted by Crippen LogP contribution is 2.38. The van der Waals surface area contributed by atoms with Gasteiger partial charge in [0, 0.05) is 15.6 Å². The topological polar surface area (TPSA) is 116 Å². The molecule has 1 aliphatic heterocycles. The molecule has 0 saturated carbocycles. The first kappa shape index (κ1) is 26.0. The molecule has 0 radical (unpaired) electrons. The molecule has 8 nitrogen and oxygen atoms in total. The number of carbonyl (C=O) groups excluding carboxylic acids is 4. The maximum absolute atomic E-state index is 13.5. The van der Waals surface area contributed by atoms with Crippen LogP contribution in [0.15, 0.2) is 88.3 Å². The van der Waals surface area contributed by atoms with E-state index in [0.717, 1.165) is 16.7 Å². The molecule has 37 heavy (non-hydrogen) atoms. The average molecular weight is 536 g/mol. The normalized spacial score (nSPS) is 13.2. The zero-order valence-electron chi connectivity index (χ0n) is 19.5. The molecule has 0 saturated heterocycles. The molecule has 0 fully saturated rings. The lowest BCUT2D eigenvalue weighted by atomic mass is 10.2. The number of nitrogens with zero attached hydrogens (tertiary/aromatic N) is 1. The number of nitrogens with one attached hydrogen (secondary N) is 1. The summed E-state index contributed by atoms with van der Waals surface area (Å²) >= 11 is 7.07. The summed E-state index contributed by atoms with van der Waals surface area (Å²) in [6, 6.07) is 18.4. The number of ether oxygens (including phenoxy) is 1. The van der Waals surface area contributed by atoms with Crippen molar-refractivity contribution in [3.63, 3.8) is 0 Å². The number of aromatic carboxylic acids is 1. The highest BCUT2D eigenvalue weighted by molar-refractivity contribution is 8.04. The largest absolute Gasteiger partial charge is 0.545 e. The van der Waals surface area contributed by atoms with Crippen molar-refractivity contribution in [1.82, 2.24) is 0 Å². The predicted molar refractivity (Wildman–Crippen MR) is 138 cm³/mol. The quantitative estimate of drug-likeness (QED) is 0.319. The summed E-state index contributed by atoms with van der Waals surface area (Å²) in [6.07, 6.45) is 0.687. The highest BCUT2D eigenvalue weighted by atomic mass is 35.5. The van der Waals surface area contributed by atoms with Crippen LogP contribution in [0.25, 0.3) is 0 Å². The Balaban J connectivity index is 1.65. The number of carboxylic acid groups (broad SMARTS) is 1. The smallest absolute Gasteiger partial charge is 0.338 e. The minimum absolute atomic E-state index is 0.0247. The lowest BCUT2D eigenvalue weighted by Crippen LogP contribution is -2.32. The molecular formula is C27H20ClN2O6S-. The Bertz CT molecular complexity index is 1390. The van der Waals surface area contributed by atoms with Gasteiger partial charge < -0.3 is 20.0 Å². The van der Waals surface area contributed by atoms with E-state index in [4.69, 9.17) is 16.3 Å². The standard InChI is InChI=1S/C27H21ClN2O6S/c1-2-15-36-27(35)17-5-11-20(12-6-17)30-24(31)22(29-19-9-3-16(4-10-19)26(33)34)23(25(30)32)37-21-13-7-18(28)8-14-21/h3-14,29H,2,15H2,1H3,(H,33,34)/p-1. The van der Waals surface area contributed by atoms with E-state index < -0.39 is 23.8 Å². The van der Waals surface area contributed by atoms with Crippen LogP contribution in [-0.2, 0) is 14.3 Å². The van der Waals surface area contributed by atoms with Gasteiger partial charge in [0.1, 0.15) is 10.6 Å². The van der Waals surface area contributed by atoms with Gasteiger partial charge in [-0.15, -0.1) is 0 Å². The number of imide groups is 1. The first-order valence-corrected chi connectivity index (χ1v) is 12.4. The van der Waals surface area contributed by atoms with Crippen molar-refractivity contribution in [2.75, 3.05) is 16.8 Å². The molecule has 3 aromatic carbocycles. The van der Waals surface area contributed by atoms with E-state index >= 15 is 0 Å². The number of thioether (sulfide) groups is 1. The molecule has 1 heterocycles. The molecule has 1 aliphatic rings. The van der Waals surface area contributed by atoms with Crippen LogP contribution in [0.5, 0.6) is 0 Å². The number of carboxylic acids is 1. The number of rotatable bonds is 9. The maximum atomic E-state index is 13.5. The molecule has 0 aromatic heterocycles. The average Bonchev–Trinajstić information content (AvgIpc) is 3.12. The van der Waals surface area contributed by atoms with E-state index in [1.54, 1.807) is 24.3 Å². The van der Waals surface area contributed by atoms with E-state index in [9.17, 15) is 24.3 Å². The van der Waals surface area contributed by atoms with Crippen molar-refractivity contribution < 1.29 is 29.0 Å². The molecule has 0 bridgehead atoms. The van der Waals surface area contributed by atoms with Crippen LogP contribution >= 0.6 is 23.4 Å². The van der Waals surface area contributed by atoms with E-state index in [0.29, 0.717) is 27.6 Å². The predicted octanol–water partition coefficient (Wildman–Crippen LogP) is 4.26. The second-order valence-electron chi connectivity index (χ2n) is 7.88. The SMILES string of the molecule is CCCOC(=O)c1ccc(N2C(=O)C(Nc3ccc(C(=O)[O-])cc3)=C(Sc3ccc(Cl)cc3)C2=O)cc1. The van der Waals surface area contributed by atoms with Gasteiger partial charge in [-0.2, -0.15) is 0 Å². The van der Waals surface area contributed by atoms with E-state index in [1.807, 2.05) is 6.92 Å². The Labute approximate surface area is 221 Å². The number of amides is 2. The van der Waals surface area contributed by atoms with Gasteiger partial charge in [0.2, 0.25) is 0 Å². The van der Waals surface area contributed by atoms with E-state index in [2.05, 4.69) is 5.32 Å². The molecule has 0 aliphatic carbocycles. The van der Waals surface area contributed by atoms with Crippen LogP contribution in [0, 0.1) is 0 Å². The van der Waals surface area contributed by atoms with Gasteiger partial charge >= 0.3 is 5.97 Å². The summed E-state index contributed by atoms with van der Waals surface area (Å²) < 4.78 is 5.13. The highest BCUT2D eigenvalue weighted by Gasteiger charge is 2.40. The summed E-state index contributed by atoms with van der Waals surface area (Å²) in [7, 11) is 0. The number of halogens is 1. The molecule has 1 N–H and O–H groups in total. The van der Waals surface area contributed by atoms with Crippen molar-refractivity contribution >= 4 is 58.5 Å². The van der Waals surface area contributed by atoms with Crippen molar-refractivity contribution in [2.24, 2.45) is 0 Å². The third-order valence-corrected chi connectivity index (χ3v) is 6.61. The number of hydrogen-bond donors (Lipinski definition) is 1. The fourth-order valence-electron chi connectivity index (χ4n) is 3.43. The summed E-state index contributed by atoms with van der Waals surface area (Å²) in [5.41, 5.74) is 0.985. The number of carbonyl (C=O) groups is 4. The third kappa shape index (κ3) is 5.84. The second kappa shape index (κ2) is 11.3. The Morgan fingerprint density at radius 2 is 1.54 bits per heavy atom. The third-order valence-electron chi connectivity index (χ3n) is 5.26. The minimum Gasteiger partial charge on any atom is -0.545 e. The first-order chi connectivity index (χ1) is 17.8. The zero-order valence-corrected chi connectivity index (χ0v) is 21.1. The zero-order chi connectivity index (χ0) is 26.5. The van der Waals surface area contributed by atoms with Crippen molar-refractivity contribution in [3.05, 3.63) is 99.5 Å². The van der Waals surface area contributed by atoms with Crippen LogP contribution in [0.4, 0.5) is 11.4 Å². The van der Waals surface area contributed by atoms with Crippen molar-refractivity contribution in [3.8, 4) is 0 Å². The number of anilines is 2. The van der Waals surface area contributed by atoms with Gasteiger partial charge in [-0.05, 0) is 72.6 Å². The van der Waals surface area contributed by atoms with Crippen LogP contribution in [0.1, 0.15) is 34.1 Å². The summed E-state index contributed by atoms with van der Waals surface area (Å²) in [5.74, 6) is -2.98. The minimum atomic E-state index is -1.33. The Hall–Kier alpha value is -4.08. The summed E-state index contributed by atoms with van der Waals surface area (Å²) in [6.45, 7) is 2.18. The molecule has 3 aromatic rings. The van der Waals surface area contributed by atoms with Crippen LogP contribution in [0.3, 0.4) is 0 Å². The van der Waals surface area contributed by atoms with E-state index in [1.165, 1.54) is 48.5 Å². The van der Waals surface area contributed by atoms with Crippen LogP contribution in [0.2, 0.25) is 5.02 Å². The van der Waals surface area contributed by atoms with Gasteiger partial charge in [-0.1, -0.05) is 42.4 Å². The molecule has 0 unspecified atom stereocenters. The van der Waals surface area contributed by atoms with Gasteiger partial charge in [-0.3, -0.25) is 9.59 Å². The fraction of sp³-hybridized carbons (Fsp3) is 0.111. The molecular weight excluding hydrogens is 516 g/mol. The van der Waals surface area contributed by atoms with Gasteiger partial charge in [0.15, 0.2) is 0 Å². The van der Waals surface area contributed by atoms with Crippen LogP contribution in [-0.4, -0.2) is 30.4 Å². The van der Waals surface area contributed by atoms with Gasteiger partial charge in [-0.25, -0.2) is 9.69 Å². The maximum Gasteiger partial charge on any atom is 0.338 e. The monoisotopic (exact) mass is 535 g/mol. The second-order valence-corrected chi connectivity index (χ2v) is 9.40. The summed E-state index contributed by atoms with van der Waals surface area (Å²) in [4.78, 5) is 52.0. The molecule has 188 valence electrons. The molecule has 2 amide bonds. The Morgan fingerprint density at radius 1 is 0.919 bits per heavy atom. The molecule has 0 spiro atoms. The lowest BCUT2D eigenvalue weighted by Gasteiger charge is -2.16. The Morgan fingerprint density at radius 3 is 2.14 bits per heavy atom. The van der Waals surface area contributed by atoms with Gasteiger partial charge in [0.05, 0.1) is 23.8 Å². The number of esters is 1. The van der Waals surface area contributed by atoms with Crippen molar-refractivity contribution in [2.45, 2.75) is 18.2 Å². The van der Waals surface area contributed by atoms with Crippen LogP contribution < -0.4 is 15.3 Å².